The van der Waals surface area contributed by atoms with Gasteiger partial charge in [-0.05, 0) is 49.3 Å². The summed E-state index contributed by atoms with van der Waals surface area (Å²) >= 11 is 0. The van der Waals surface area contributed by atoms with Gasteiger partial charge < -0.3 is 15.0 Å². The maximum Gasteiger partial charge on any atom is 0.226 e. The topological polar surface area (TPSA) is 41.6 Å². The molecule has 1 saturated heterocycles. The van der Waals surface area contributed by atoms with Crippen LogP contribution in [0.5, 0.6) is 5.75 Å². The third-order valence-electron chi connectivity index (χ3n) is 5.14. The molecule has 0 aliphatic carbocycles. The van der Waals surface area contributed by atoms with E-state index in [1.165, 1.54) is 19.5 Å². The zero-order valence-electron chi connectivity index (χ0n) is 15.0. The average Bonchev–Trinajstić information content (AvgIpc) is 2.57. The van der Waals surface area contributed by atoms with E-state index in [2.05, 4.69) is 24.1 Å². The quantitative estimate of drug-likeness (QED) is 0.844. The molecule has 0 aromatic heterocycles. The van der Waals surface area contributed by atoms with Crippen molar-refractivity contribution < 1.29 is 9.53 Å². The van der Waals surface area contributed by atoms with Gasteiger partial charge >= 0.3 is 0 Å². The molecule has 24 heavy (non-hydrogen) atoms. The highest BCUT2D eigenvalue weighted by atomic mass is 16.5. The summed E-state index contributed by atoms with van der Waals surface area (Å²) in [5, 5.41) is 3.10. The minimum absolute atomic E-state index is 0.0602. The Kier molecular flexibility index (Phi) is 5.77. The Hall–Kier alpha value is -1.55. The number of piperidine rings is 1. The molecule has 0 bridgehead atoms. The lowest BCUT2D eigenvalue weighted by molar-refractivity contribution is -0.126. The molecule has 0 unspecified atom stereocenters. The molecule has 0 saturated carbocycles. The molecule has 2 aliphatic rings. The lowest BCUT2D eigenvalue weighted by Crippen LogP contribution is -2.41. The van der Waals surface area contributed by atoms with Crippen LogP contribution in [0.2, 0.25) is 0 Å². The van der Waals surface area contributed by atoms with Crippen LogP contribution in [0.1, 0.15) is 32.3 Å². The molecule has 2 heterocycles. The number of rotatable bonds is 5. The first-order valence-corrected chi connectivity index (χ1v) is 9.32. The Labute approximate surface area is 145 Å². The fourth-order valence-corrected chi connectivity index (χ4v) is 4.13. The molecular formula is C20H30N2O2. The maximum atomic E-state index is 12.4. The lowest BCUT2D eigenvalue weighted by Gasteiger charge is -2.35. The second-order valence-corrected chi connectivity index (χ2v) is 7.67. The number of nitrogens with zero attached hydrogens (tertiary/aromatic N) is 1. The summed E-state index contributed by atoms with van der Waals surface area (Å²) in [6, 6.07) is 8.00. The van der Waals surface area contributed by atoms with Gasteiger partial charge in [0.05, 0.1) is 5.92 Å². The standard InChI is InChI=1S/C20H30N2O2/c1-15-10-16(2)13-22(12-15)9-5-8-21-20(23)18-11-17-6-3-4-7-19(17)24-14-18/h3-4,6-7,15-16,18H,5,8-14H2,1-2H3,(H,21,23)/t15-,16-,18-/m1/s1. The van der Waals surface area contributed by atoms with Gasteiger partial charge in [-0.1, -0.05) is 32.0 Å². The highest BCUT2D eigenvalue weighted by Gasteiger charge is 2.25. The van der Waals surface area contributed by atoms with E-state index in [9.17, 15) is 4.79 Å². The Morgan fingerprint density at radius 3 is 2.79 bits per heavy atom. The number of hydrogen-bond donors (Lipinski definition) is 1. The number of likely N-dealkylation sites (tertiary alicyclic amines) is 1. The Bertz CT molecular complexity index is 550. The van der Waals surface area contributed by atoms with Gasteiger partial charge in [0.25, 0.3) is 0 Å². The van der Waals surface area contributed by atoms with E-state index in [0.29, 0.717) is 6.61 Å². The molecule has 4 heteroatoms. The molecule has 1 aromatic carbocycles. The van der Waals surface area contributed by atoms with Gasteiger partial charge in [-0.15, -0.1) is 0 Å². The number of nitrogens with one attached hydrogen (secondary N) is 1. The third-order valence-corrected chi connectivity index (χ3v) is 5.14. The smallest absolute Gasteiger partial charge is 0.226 e. The van der Waals surface area contributed by atoms with Gasteiger partial charge in [-0.25, -0.2) is 0 Å². The summed E-state index contributed by atoms with van der Waals surface area (Å²) in [6.07, 6.45) is 3.15. The number of para-hydroxylation sites is 1. The molecule has 3 rings (SSSR count). The first-order chi connectivity index (χ1) is 11.6. The van der Waals surface area contributed by atoms with Crippen LogP contribution in [0, 0.1) is 17.8 Å². The number of fused-ring (bicyclic) bond motifs is 1. The fraction of sp³-hybridized carbons (Fsp3) is 0.650. The summed E-state index contributed by atoms with van der Waals surface area (Å²) in [5.41, 5.74) is 1.14. The SMILES string of the molecule is C[C@@H]1C[C@@H](C)CN(CCCNC(=O)[C@H]2COc3ccccc3C2)C1. The molecule has 4 nitrogen and oxygen atoms in total. The molecule has 1 N–H and O–H groups in total. The van der Waals surface area contributed by atoms with Gasteiger partial charge in [0, 0.05) is 19.6 Å². The Balaban J connectivity index is 1.37. The van der Waals surface area contributed by atoms with Crippen molar-refractivity contribution in [3.05, 3.63) is 29.8 Å². The van der Waals surface area contributed by atoms with Gasteiger partial charge in [-0.3, -0.25) is 4.79 Å². The van der Waals surface area contributed by atoms with Gasteiger partial charge in [0.15, 0.2) is 0 Å². The number of hydrogen-bond acceptors (Lipinski definition) is 3. The third kappa shape index (κ3) is 4.50. The maximum absolute atomic E-state index is 12.4. The van der Waals surface area contributed by atoms with E-state index in [-0.39, 0.29) is 11.8 Å². The molecule has 2 aliphatic heterocycles. The molecule has 132 valence electrons. The zero-order valence-corrected chi connectivity index (χ0v) is 15.0. The number of carbonyl (C=O) groups is 1. The number of amides is 1. The van der Waals surface area contributed by atoms with E-state index in [1.807, 2.05) is 24.3 Å². The van der Waals surface area contributed by atoms with Crippen molar-refractivity contribution in [1.29, 1.82) is 0 Å². The minimum Gasteiger partial charge on any atom is -0.492 e. The van der Waals surface area contributed by atoms with Crippen LogP contribution in [0.25, 0.3) is 0 Å². The lowest BCUT2D eigenvalue weighted by atomic mass is 9.92. The van der Waals surface area contributed by atoms with E-state index in [0.717, 1.165) is 49.1 Å². The van der Waals surface area contributed by atoms with Crippen LogP contribution in [0.3, 0.4) is 0 Å². The molecular weight excluding hydrogens is 300 g/mol. The second-order valence-electron chi connectivity index (χ2n) is 7.67. The zero-order chi connectivity index (χ0) is 16.9. The summed E-state index contributed by atoms with van der Waals surface area (Å²) in [5.74, 6) is 2.58. The monoisotopic (exact) mass is 330 g/mol. The van der Waals surface area contributed by atoms with Crippen LogP contribution in [-0.2, 0) is 11.2 Å². The molecule has 0 spiro atoms. The van der Waals surface area contributed by atoms with Crippen molar-refractivity contribution in [2.45, 2.75) is 33.1 Å². The van der Waals surface area contributed by atoms with E-state index < -0.39 is 0 Å². The predicted octanol–water partition coefficient (Wildman–Crippen LogP) is 2.72. The summed E-state index contributed by atoms with van der Waals surface area (Å²) in [7, 11) is 0. The molecule has 1 fully saturated rings. The van der Waals surface area contributed by atoms with Crippen molar-refractivity contribution in [1.82, 2.24) is 10.2 Å². The van der Waals surface area contributed by atoms with Crippen LogP contribution in [-0.4, -0.2) is 43.6 Å². The highest BCUT2D eigenvalue weighted by molar-refractivity contribution is 5.79. The van der Waals surface area contributed by atoms with Crippen LogP contribution >= 0.6 is 0 Å². The first kappa shape index (κ1) is 17.3. The Morgan fingerprint density at radius 1 is 1.25 bits per heavy atom. The molecule has 3 atom stereocenters. The molecule has 1 amide bonds. The number of benzene rings is 1. The van der Waals surface area contributed by atoms with E-state index in [4.69, 9.17) is 4.74 Å². The van der Waals surface area contributed by atoms with Crippen LogP contribution in [0.4, 0.5) is 0 Å². The Morgan fingerprint density at radius 2 is 2.00 bits per heavy atom. The van der Waals surface area contributed by atoms with Gasteiger partial charge in [0.2, 0.25) is 5.91 Å². The predicted molar refractivity (Wildman–Crippen MR) is 96.1 cm³/mol. The largest absolute Gasteiger partial charge is 0.492 e. The van der Waals surface area contributed by atoms with E-state index >= 15 is 0 Å². The normalized spacial score (nSPS) is 27.2. The fourth-order valence-electron chi connectivity index (χ4n) is 4.13. The van der Waals surface area contributed by atoms with Gasteiger partial charge in [0.1, 0.15) is 12.4 Å². The highest BCUT2D eigenvalue weighted by Crippen LogP contribution is 2.26. The summed E-state index contributed by atoms with van der Waals surface area (Å²) in [6.45, 7) is 9.41. The van der Waals surface area contributed by atoms with Crippen molar-refractivity contribution >= 4 is 5.91 Å². The summed E-state index contributed by atoms with van der Waals surface area (Å²) < 4.78 is 5.71. The first-order valence-electron chi connectivity index (χ1n) is 9.32. The molecule has 1 aromatic rings. The van der Waals surface area contributed by atoms with Crippen LogP contribution in [0.15, 0.2) is 24.3 Å². The van der Waals surface area contributed by atoms with Crippen molar-refractivity contribution in [2.24, 2.45) is 17.8 Å². The van der Waals surface area contributed by atoms with Gasteiger partial charge in [-0.2, -0.15) is 0 Å². The van der Waals surface area contributed by atoms with Crippen molar-refractivity contribution in [2.75, 3.05) is 32.8 Å². The number of ether oxygens (including phenoxy) is 1. The van der Waals surface area contributed by atoms with Crippen LogP contribution < -0.4 is 10.1 Å². The molecule has 0 radical (unpaired) electrons. The van der Waals surface area contributed by atoms with Crippen molar-refractivity contribution in [3.8, 4) is 5.75 Å². The van der Waals surface area contributed by atoms with Crippen molar-refractivity contribution in [3.63, 3.8) is 0 Å². The summed E-state index contributed by atoms with van der Waals surface area (Å²) in [4.78, 5) is 14.9. The van der Waals surface area contributed by atoms with E-state index in [1.54, 1.807) is 0 Å². The second kappa shape index (κ2) is 8.02. The minimum atomic E-state index is -0.0602. The average molecular weight is 330 g/mol. The number of carbonyl (C=O) groups excluding carboxylic acids is 1.